The first-order chi connectivity index (χ1) is 12.3. The quantitative estimate of drug-likeness (QED) is 0.593. The molecule has 2 heterocycles. The molecule has 1 aromatic rings. The number of rotatable bonds is 6. The summed E-state index contributed by atoms with van der Waals surface area (Å²) in [7, 11) is 0. The molecular weight excluding hydrogens is 332 g/mol. The van der Waals surface area contributed by atoms with Crippen LogP contribution in [0.25, 0.3) is 0 Å². The smallest absolute Gasteiger partial charge is 0.410 e. The molecular formula is C18H32N6O2. The first-order valence-electron chi connectivity index (χ1n) is 9.27. The molecule has 1 atom stereocenters. The second-order valence-electron chi connectivity index (χ2n) is 7.78. The molecule has 8 nitrogen and oxygen atoms in total. The van der Waals surface area contributed by atoms with Crippen molar-refractivity contribution < 1.29 is 9.53 Å². The number of carbonyl (C=O) groups excluding carboxylic acids is 1. The standard InChI is InChI=1S/C18H32N6O2/c1-6-19-16(20-10-14(2)11-24-9-7-8-21-24)22-15-12-23(13-15)17(25)26-18(3,4)5/h7-9,14-15H,6,10-13H2,1-5H3,(H2,19,20,22). The number of guanidine groups is 1. The predicted octanol–water partition coefficient (Wildman–Crippen LogP) is 1.69. The van der Waals surface area contributed by atoms with Crippen LogP contribution in [0.1, 0.15) is 34.6 Å². The van der Waals surface area contributed by atoms with E-state index in [4.69, 9.17) is 4.74 Å². The molecule has 0 aliphatic carbocycles. The van der Waals surface area contributed by atoms with Gasteiger partial charge in [-0.1, -0.05) is 6.92 Å². The van der Waals surface area contributed by atoms with E-state index in [-0.39, 0.29) is 12.1 Å². The summed E-state index contributed by atoms with van der Waals surface area (Å²) in [6.45, 7) is 13.4. The number of carbonyl (C=O) groups is 1. The minimum Gasteiger partial charge on any atom is -0.444 e. The van der Waals surface area contributed by atoms with Gasteiger partial charge in [0.25, 0.3) is 0 Å². The third-order valence-corrected chi connectivity index (χ3v) is 3.84. The highest BCUT2D eigenvalue weighted by Gasteiger charge is 2.34. The van der Waals surface area contributed by atoms with Crippen molar-refractivity contribution in [2.45, 2.75) is 52.8 Å². The fourth-order valence-electron chi connectivity index (χ4n) is 2.59. The molecule has 0 aromatic carbocycles. The Balaban J connectivity index is 1.77. The molecule has 8 heteroatoms. The fraction of sp³-hybridized carbons (Fsp3) is 0.722. The minimum absolute atomic E-state index is 0.196. The summed E-state index contributed by atoms with van der Waals surface area (Å²) in [5.74, 6) is 1.17. The number of ether oxygens (including phenoxy) is 1. The zero-order valence-corrected chi connectivity index (χ0v) is 16.5. The minimum atomic E-state index is -0.462. The molecule has 1 amide bonds. The molecule has 1 aromatic heterocycles. The van der Waals surface area contributed by atoms with Gasteiger partial charge in [0, 0.05) is 45.1 Å². The molecule has 0 radical (unpaired) electrons. The SMILES string of the molecule is CCNC(=NCC(C)Cn1cccn1)NC1CN(C(=O)OC(C)(C)C)C1. The van der Waals surface area contributed by atoms with Crippen LogP contribution in [0.2, 0.25) is 0 Å². The molecule has 1 fully saturated rings. The highest BCUT2D eigenvalue weighted by atomic mass is 16.6. The highest BCUT2D eigenvalue weighted by molar-refractivity contribution is 5.80. The van der Waals surface area contributed by atoms with Gasteiger partial charge in [-0.3, -0.25) is 9.67 Å². The molecule has 0 saturated carbocycles. The predicted molar refractivity (Wildman–Crippen MR) is 102 cm³/mol. The molecule has 1 aliphatic rings. The summed E-state index contributed by atoms with van der Waals surface area (Å²) in [4.78, 5) is 18.4. The van der Waals surface area contributed by atoms with E-state index in [0.717, 1.165) is 19.0 Å². The van der Waals surface area contributed by atoms with E-state index in [1.807, 2.05) is 44.6 Å². The summed E-state index contributed by atoms with van der Waals surface area (Å²) in [6.07, 6.45) is 3.49. The van der Waals surface area contributed by atoms with Gasteiger partial charge in [0.05, 0.1) is 6.04 Å². The second-order valence-corrected chi connectivity index (χ2v) is 7.78. The van der Waals surface area contributed by atoms with Gasteiger partial charge < -0.3 is 20.3 Å². The van der Waals surface area contributed by atoms with Crippen molar-refractivity contribution in [3.05, 3.63) is 18.5 Å². The maximum Gasteiger partial charge on any atom is 0.410 e. The van der Waals surface area contributed by atoms with Gasteiger partial charge >= 0.3 is 6.09 Å². The van der Waals surface area contributed by atoms with Gasteiger partial charge in [0.15, 0.2) is 5.96 Å². The first-order valence-corrected chi connectivity index (χ1v) is 9.27. The van der Waals surface area contributed by atoms with Gasteiger partial charge in [-0.2, -0.15) is 5.10 Å². The Morgan fingerprint density at radius 3 is 2.73 bits per heavy atom. The molecule has 1 unspecified atom stereocenters. The number of amides is 1. The number of nitrogens with one attached hydrogen (secondary N) is 2. The molecule has 2 N–H and O–H groups in total. The van der Waals surface area contributed by atoms with Crippen LogP contribution in [0.5, 0.6) is 0 Å². The van der Waals surface area contributed by atoms with Crippen molar-refractivity contribution in [2.75, 3.05) is 26.2 Å². The van der Waals surface area contributed by atoms with Crippen molar-refractivity contribution >= 4 is 12.1 Å². The van der Waals surface area contributed by atoms with Crippen molar-refractivity contribution in [2.24, 2.45) is 10.9 Å². The largest absolute Gasteiger partial charge is 0.444 e. The van der Waals surface area contributed by atoms with Gasteiger partial charge in [0.1, 0.15) is 5.60 Å². The maximum atomic E-state index is 12.0. The van der Waals surface area contributed by atoms with Crippen molar-refractivity contribution in [1.29, 1.82) is 0 Å². The number of hydrogen-bond donors (Lipinski definition) is 2. The van der Waals surface area contributed by atoms with Crippen LogP contribution in [-0.2, 0) is 11.3 Å². The molecule has 0 bridgehead atoms. The lowest BCUT2D eigenvalue weighted by molar-refractivity contribution is 0.00701. The van der Waals surface area contributed by atoms with Gasteiger partial charge in [-0.25, -0.2) is 4.79 Å². The van der Waals surface area contributed by atoms with Crippen molar-refractivity contribution in [3.8, 4) is 0 Å². The van der Waals surface area contributed by atoms with Crippen molar-refractivity contribution in [3.63, 3.8) is 0 Å². The number of hydrogen-bond acceptors (Lipinski definition) is 4. The molecule has 146 valence electrons. The number of aliphatic imine (C=N–C) groups is 1. The molecule has 26 heavy (non-hydrogen) atoms. The monoisotopic (exact) mass is 364 g/mol. The Hall–Kier alpha value is -2.25. The Labute approximate surface area is 156 Å². The van der Waals surface area contributed by atoms with Crippen LogP contribution in [0.15, 0.2) is 23.5 Å². The topological polar surface area (TPSA) is 83.8 Å². The maximum absolute atomic E-state index is 12.0. The number of likely N-dealkylation sites (tertiary alicyclic amines) is 1. The van der Waals surface area contributed by atoms with E-state index >= 15 is 0 Å². The molecule has 1 aliphatic heterocycles. The van der Waals surface area contributed by atoms with Crippen LogP contribution in [-0.4, -0.2) is 64.6 Å². The first kappa shape index (κ1) is 20.1. The normalized spacial score (nSPS) is 16.8. The summed E-state index contributed by atoms with van der Waals surface area (Å²) in [5.41, 5.74) is -0.462. The zero-order chi connectivity index (χ0) is 19.2. The second kappa shape index (κ2) is 8.91. The highest BCUT2D eigenvalue weighted by Crippen LogP contribution is 2.15. The molecule has 0 spiro atoms. The van der Waals surface area contributed by atoms with E-state index in [0.29, 0.717) is 25.6 Å². The zero-order valence-electron chi connectivity index (χ0n) is 16.5. The molecule has 2 rings (SSSR count). The summed E-state index contributed by atoms with van der Waals surface area (Å²) >= 11 is 0. The van der Waals surface area contributed by atoms with Gasteiger partial charge in [-0.05, 0) is 39.7 Å². The van der Waals surface area contributed by atoms with Crippen LogP contribution in [0, 0.1) is 5.92 Å². The average Bonchev–Trinajstić information content (AvgIpc) is 2.98. The fourth-order valence-corrected chi connectivity index (χ4v) is 2.59. The van der Waals surface area contributed by atoms with E-state index in [1.165, 1.54) is 0 Å². The Bertz CT molecular complexity index is 587. The summed E-state index contributed by atoms with van der Waals surface area (Å²) < 4.78 is 7.30. The Morgan fingerprint density at radius 1 is 1.42 bits per heavy atom. The summed E-state index contributed by atoms with van der Waals surface area (Å²) in [5, 5.41) is 10.9. The lowest BCUT2D eigenvalue weighted by atomic mass is 10.1. The van der Waals surface area contributed by atoms with Crippen LogP contribution < -0.4 is 10.6 Å². The third-order valence-electron chi connectivity index (χ3n) is 3.84. The third kappa shape index (κ3) is 6.57. The van der Waals surface area contributed by atoms with E-state index in [1.54, 1.807) is 11.1 Å². The Morgan fingerprint density at radius 2 is 2.15 bits per heavy atom. The van der Waals surface area contributed by atoms with E-state index in [9.17, 15) is 4.79 Å². The van der Waals surface area contributed by atoms with E-state index in [2.05, 4.69) is 27.6 Å². The summed E-state index contributed by atoms with van der Waals surface area (Å²) in [6, 6.07) is 2.12. The average molecular weight is 364 g/mol. The van der Waals surface area contributed by atoms with Gasteiger partial charge in [-0.15, -0.1) is 0 Å². The van der Waals surface area contributed by atoms with Crippen LogP contribution in [0.3, 0.4) is 0 Å². The number of aromatic nitrogens is 2. The Kier molecular flexibility index (Phi) is 6.88. The van der Waals surface area contributed by atoms with Crippen molar-refractivity contribution in [1.82, 2.24) is 25.3 Å². The van der Waals surface area contributed by atoms with Crippen LogP contribution >= 0.6 is 0 Å². The molecule has 1 saturated heterocycles. The van der Waals surface area contributed by atoms with Crippen LogP contribution in [0.4, 0.5) is 4.79 Å². The lowest BCUT2D eigenvalue weighted by Gasteiger charge is -2.40. The lowest BCUT2D eigenvalue weighted by Crippen LogP contribution is -2.63. The van der Waals surface area contributed by atoms with E-state index < -0.39 is 5.60 Å². The van der Waals surface area contributed by atoms with Gasteiger partial charge in [0.2, 0.25) is 0 Å². The number of nitrogens with zero attached hydrogens (tertiary/aromatic N) is 4.